The van der Waals surface area contributed by atoms with Gasteiger partial charge in [-0.1, -0.05) is 134 Å². The molecule has 0 aromatic heterocycles. The van der Waals surface area contributed by atoms with Crippen molar-refractivity contribution in [2.75, 3.05) is 26.4 Å². The van der Waals surface area contributed by atoms with Crippen molar-refractivity contribution in [3.8, 4) is 0 Å². The normalized spacial score (nSPS) is 13.6. The Morgan fingerprint density at radius 1 is 0.612 bits per heavy atom. The summed E-state index contributed by atoms with van der Waals surface area (Å²) in [5.74, 6) is -0.531. The number of carbonyl (C=O) groups excluding carboxylic acids is 2. The fourth-order valence-corrected chi connectivity index (χ4v) is 6.07. The quantitative estimate of drug-likeness (QED) is 0.0251. The van der Waals surface area contributed by atoms with Crippen LogP contribution in [-0.4, -0.2) is 54.3 Å². The third-order valence-corrected chi connectivity index (χ3v) is 9.32. The van der Waals surface area contributed by atoms with Crippen molar-refractivity contribution in [3.63, 3.8) is 0 Å². The minimum absolute atomic E-state index is 0.0798. The van der Waals surface area contributed by atoms with Crippen LogP contribution in [0.3, 0.4) is 0 Å². The van der Waals surface area contributed by atoms with E-state index < -0.39 is 26.5 Å². The summed E-state index contributed by atoms with van der Waals surface area (Å²) in [6.45, 7) is 3.47. The van der Waals surface area contributed by atoms with E-state index in [1.54, 1.807) is 0 Å². The van der Waals surface area contributed by atoms with Crippen LogP contribution in [-0.2, 0) is 27.9 Å². The zero-order chi connectivity index (χ0) is 36.1. The molecule has 2 unspecified atom stereocenters. The number of allylic oxidation sites excluding steroid dienone is 4. The van der Waals surface area contributed by atoms with Crippen molar-refractivity contribution >= 4 is 19.7 Å². The molecule has 0 aliphatic rings. The summed E-state index contributed by atoms with van der Waals surface area (Å²) >= 11 is 0. The van der Waals surface area contributed by atoms with Crippen LogP contribution < -0.4 is 5.32 Å². The van der Waals surface area contributed by atoms with Gasteiger partial charge in [-0.3, -0.25) is 18.6 Å². The Labute approximate surface area is 300 Å². The van der Waals surface area contributed by atoms with E-state index >= 15 is 0 Å². The molecule has 10 heteroatoms. The van der Waals surface area contributed by atoms with Crippen LogP contribution in [0.5, 0.6) is 0 Å². The van der Waals surface area contributed by atoms with Gasteiger partial charge in [-0.05, 0) is 57.8 Å². The topological polar surface area (TPSA) is 131 Å². The van der Waals surface area contributed by atoms with Crippen molar-refractivity contribution in [2.45, 2.75) is 187 Å². The number of aliphatic hydroxyl groups is 1. The number of nitrogens with one attached hydrogen (secondary N) is 1. The molecule has 0 fully saturated rings. The van der Waals surface area contributed by atoms with Crippen LogP contribution in [0.4, 0.5) is 0 Å². The number of phosphoric ester groups is 1. The maximum Gasteiger partial charge on any atom is 0.472 e. The first-order valence-electron chi connectivity index (χ1n) is 19.8. The van der Waals surface area contributed by atoms with Crippen molar-refractivity contribution in [2.24, 2.45) is 0 Å². The summed E-state index contributed by atoms with van der Waals surface area (Å²) in [7, 11) is -4.41. The lowest BCUT2D eigenvalue weighted by Crippen LogP contribution is -2.27. The maximum atomic E-state index is 12.0. The first kappa shape index (κ1) is 47.5. The molecular weight excluding hydrogens is 641 g/mol. The Morgan fingerprint density at radius 3 is 1.61 bits per heavy atom. The van der Waals surface area contributed by atoms with E-state index in [-0.39, 0.29) is 32.1 Å². The van der Waals surface area contributed by atoms with Crippen molar-refractivity contribution in [1.29, 1.82) is 0 Å². The highest BCUT2D eigenvalue weighted by atomic mass is 31.2. The number of esters is 1. The molecule has 49 heavy (non-hydrogen) atoms. The standard InChI is InChI=1S/C39H74NO8P/c1-3-5-7-9-11-13-15-16-17-18-19-20-21-22-23-25-27-29-31-38(42)40-33-34-47-49(44,45)48-36-37(41)35-46-39(43)32-30-28-26-24-14-12-10-8-6-4-2/h8,10,17-18,37,41H,3-7,9,11-16,19-36H2,1-2H3,(H,40,42)(H,44,45)/b10-8-,18-17-. The molecule has 0 bridgehead atoms. The second-order valence-electron chi connectivity index (χ2n) is 13.2. The third kappa shape index (κ3) is 37.6. The van der Waals surface area contributed by atoms with Crippen LogP contribution in [0.25, 0.3) is 0 Å². The summed E-state index contributed by atoms with van der Waals surface area (Å²) in [6, 6.07) is 0. The van der Waals surface area contributed by atoms with E-state index in [9.17, 15) is 24.2 Å². The van der Waals surface area contributed by atoms with Crippen LogP contribution in [0.15, 0.2) is 24.3 Å². The second kappa shape index (κ2) is 36.3. The highest BCUT2D eigenvalue weighted by molar-refractivity contribution is 7.47. The molecule has 1 amide bonds. The van der Waals surface area contributed by atoms with Gasteiger partial charge in [-0.2, -0.15) is 0 Å². The number of hydrogen-bond donors (Lipinski definition) is 3. The predicted octanol–water partition coefficient (Wildman–Crippen LogP) is 10.4. The first-order valence-corrected chi connectivity index (χ1v) is 21.3. The summed E-state index contributed by atoms with van der Waals surface area (Å²) in [5, 5.41) is 12.6. The van der Waals surface area contributed by atoms with Gasteiger partial charge in [0.1, 0.15) is 12.7 Å². The molecule has 0 aliphatic heterocycles. The highest BCUT2D eigenvalue weighted by Crippen LogP contribution is 2.42. The Bertz CT molecular complexity index is 866. The molecule has 0 radical (unpaired) electrons. The fourth-order valence-electron chi connectivity index (χ4n) is 5.32. The minimum atomic E-state index is -4.41. The van der Waals surface area contributed by atoms with Gasteiger partial charge in [0, 0.05) is 19.4 Å². The van der Waals surface area contributed by atoms with Crippen LogP contribution in [0.1, 0.15) is 181 Å². The van der Waals surface area contributed by atoms with Crippen molar-refractivity contribution in [1.82, 2.24) is 5.32 Å². The molecule has 0 aromatic carbocycles. The molecule has 9 nitrogen and oxygen atoms in total. The molecule has 2 atom stereocenters. The Balaban J connectivity index is 3.60. The maximum absolute atomic E-state index is 12.0. The van der Waals surface area contributed by atoms with E-state index in [1.807, 2.05) is 0 Å². The molecule has 0 aromatic rings. The molecular formula is C39H74NO8P. The number of amides is 1. The third-order valence-electron chi connectivity index (χ3n) is 8.33. The van der Waals surface area contributed by atoms with Gasteiger partial charge in [-0.25, -0.2) is 4.57 Å². The number of unbranched alkanes of at least 4 members (excludes halogenated alkanes) is 20. The van der Waals surface area contributed by atoms with Gasteiger partial charge >= 0.3 is 13.8 Å². The van der Waals surface area contributed by atoms with Gasteiger partial charge in [0.2, 0.25) is 5.91 Å². The summed E-state index contributed by atoms with van der Waals surface area (Å²) < 4.78 is 26.7. The fraction of sp³-hybridized carbons (Fsp3) is 0.846. The van der Waals surface area contributed by atoms with Gasteiger partial charge < -0.3 is 20.1 Å². The Kier molecular flexibility index (Phi) is 35.2. The molecule has 0 heterocycles. The van der Waals surface area contributed by atoms with Crippen molar-refractivity contribution < 1.29 is 37.9 Å². The van der Waals surface area contributed by atoms with E-state index in [0.717, 1.165) is 64.2 Å². The van der Waals surface area contributed by atoms with E-state index in [1.165, 1.54) is 89.9 Å². The predicted molar refractivity (Wildman–Crippen MR) is 201 cm³/mol. The van der Waals surface area contributed by atoms with Crippen LogP contribution in [0.2, 0.25) is 0 Å². The molecule has 0 saturated carbocycles. The highest BCUT2D eigenvalue weighted by Gasteiger charge is 2.23. The lowest BCUT2D eigenvalue weighted by atomic mass is 10.1. The molecule has 0 aliphatic carbocycles. The van der Waals surface area contributed by atoms with Gasteiger partial charge in [0.25, 0.3) is 0 Å². The second-order valence-corrected chi connectivity index (χ2v) is 14.7. The van der Waals surface area contributed by atoms with Gasteiger partial charge in [0.05, 0.1) is 13.2 Å². The van der Waals surface area contributed by atoms with Crippen molar-refractivity contribution in [3.05, 3.63) is 24.3 Å². The smallest absolute Gasteiger partial charge is 0.463 e. The lowest BCUT2D eigenvalue weighted by molar-refractivity contribution is -0.147. The Hall–Kier alpha value is -1.51. The molecule has 3 N–H and O–H groups in total. The monoisotopic (exact) mass is 716 g/mol. The minimum Gasteiger partial charge on any atom is -0.463 e. The first-order chi connectivity index (χ1) is 23.8. The Morgan fingerprint density at radius 2 is 1.08 bits per heavy atom. The zero-order valence-electron chi connectivity index (χ0n) is 31.4. The largest absolute Gasteiger partial charge is 0.472 e. The zero-order valence-corrected chi connectivity index (χ0v) is 32.3. The number of ether oxygens (including phenoxy) is 1. The molecule has 288 valence electrons. The number of phosphoric acid groups is 1. The molecule has 0 rings (SSSR count). The van der Waals surface area contributed by atoms with E-state index in [0.29, 0.717) is 6.42 Å². The van der Waals surface area contributed by atoms with E-state index in [4.69, 9.17) is 13.8 Å². The lowest BCUT2D eigenvalue weighted by Gasteiger charge is -2.15. The van der Waals surface area contributed by atoms with Crippen LogP contribution in [0, 0.1) is 0 Å². The van der Waals surface area contributed by atoms with Gasteiger partial charge in [0.15, 0.2) is 0 Å². The van der Waals surface area contributed by atoms with Gasteiger partial charge in [-0.15, -0.1) is 0 Å². The van der Waals surface area contributed by atoms with E-state index in [2.05, 4.69) is 43.5 Å². The SMILES string of the molecule is CCC/C=C\CCCCCCCC(=O)OCC(O)COP(=O)(O)OCCNC(=O)CCCCCCCCC/C=C\CCCCCCCCC. The average molecular weight is 716 g/mol. The number of aliphatic hydroxyl groups excluding tert-OH is 1. The number of rotatable bonds is 37. The number of hydrogen-bond acceptors (Lipinski definition) is 7. The average Bonchev–Trinajstić information content (AvgIpc) is 3.08. The summed E-state index contributed by atoms with van der Waals surface area (Å²) in [5.41, 5.74) is 0. The summed E-state index contributed by atoms with van der Waals surface area (Å²) in [4.78, 5) is 33.7. The van der Waals surface area contributed by atoms with Crippen LogP contribution >= 0.6 is 7.82 Å². The molecule has 0 saturated heterocycles. The number of carbonyl (C=O) groups is 2. The molecule has 0 spiro atoms. The summed E-state index contributed by atoms with van der Waals surface area (Å²) in [6.07, 6.45) is 36.9.